The van der Waals surface area contributed by atoms with Gasteiger partial charge in [0.1, 0.15) is 5.54 Å². The summed E-state index contributed by atoms with van der Waals surface area (Å²) >= 11 is 0. The number of nitrogens with zero attached hydrogens (tertiary/aromatic N) is 1. The molecule has 4 atom stereocenters. The zero-order valence-corrected chi connectivity index (χ0v) is 15.1. The lowest BCUT2D eigenvalue weighted by atomic mass is 9.76. The summed E-state index contributed by atoms with van der Waals surface area (Å²) in [5.74, 6) is -1.92. The van der Waals surface area contributed by atoms with Crippen molar-refractivity contribution in [3.8, 4) is 0 Å². The Kier molecular flexibility index (Phi) is 3.06. The second kappa shape index (κ2) is 4.69. The summed E-state index contributed by atoms with van der Waals surface area (Å²) in [4.78, 5) is 40.7. The molecule has 1 aromatic carbocycles. The number of imide groups is 1. The van der Waals surface area contributed by atoms with Crippen LogP contribution in [0.3, 0.4) is 0 Å². The van der Waals surface area contributed by atoms with Gasteiger partial charge in [0.2, 0.25) is 17.7 Å². The highest BCUT2D eigenvalue weighted by Gasteiger charge is 2.70. The molecule has 0 aliphatic carbocycles. The standard InChI is InChI=1S/C19H23N3O3/c1-9-7-6-8-11-14(9)20-17(25)19(11)13-12(10(2)21-19)15(23)22(16(13)24)18(3,4)5/h6-8,10,12-13,21H,1-5H3,(H,20,25)/t10-,12-,13+,19-/m1/s1. The smallest absolute Gasteiger partial charge is 0.250 e. The van der Waals surface area contributed by atoms with Crippen molar-refractivity contribution in [2.75, 3.05) is 5.32 Å². The quantitative estimate of drug-likeness (QED) is 0.702. The van der Waals surface area contributed by atoms with Crippen molar-refractivity contribution in [3.05, 3.63) is 29.3 Å². The summed E-state index contributed by atoms with van der Waals surface area (Å²) in [7, 11) is 0. The molecule has 3 aliphatic rings. The van der Waals surface area contributed by atoms with Crippen LogP contribution in [-0.4, -0.2) is 34.2 Å². The molecule has 2 saturated heterocycles. The molecule has 3 aliphatic heterocycles. The number of fused-ring (bicyclic) bond motifs is 4. The van der Waals surface area contributed by atoms with Crippen molar-refractivity contribution in [2.45, 2.75) is 51.7 Å². The van der Waals surface area contributed by atoms with Crippen LogP contribution >= 0.6 is 0 Å². The van der Waals surface area contributed by atoms with E-state index in [9.17, 15) is 14.4 Å². The third-order valence-corrected chi connectivity index (χ3v) is 5.78. The molecule has 3 heterocycles. The Morgan fingerprint density at radius 3 is 2.44 bits per heavy atom. The fraction of sp³-hybridized carbons (Fsp3) is 0.526. The summed E-state index contributed by atoms with van der Waals surface area (Å²) in [5.41, 5.74) is 0.698. The van der Waals surface area contributed by atoms with Gasteiger partial charge in [0.15, 0.2) is 0 Å². The van der Waals surface area contributed by atoms with Crippen LogP contribution in [0.15, 0.2) is 18.2 Å². The molecule has 2 N–H and O–H groups in total. The molecular formula is C19H23N3O3. The number of carbonyl (C=O) groups excluding carboxylic acids is 3. The van der Waals surface area contributed by atoms with E-state index in [1.54, 1.807) is 0 Å². The number of aryl methyl sites for hydroxylation is 1. The monoisotopic (exact) mass is 341 g/mol. The SMILES string of the molecule is Cc1cccc2c1NC(=O)[C@@]21N[C@H](C)[C@H]2C(=O)N(C(C)(C)C)C(=O)[C@H]21. The van der Waals surface area contributed by atoms with Gasteiger partial charge in [0.25, 0.3) is 0 Å². The zero-order chi connectivity index (χ0) is 18.3. The number of anilines is 1. The number of hydrogen-bond acceptors (Lipinski definition) is 4. The van der Waals surface area contributed by atoms with E-state index in [0.717, 1.165) is 16.8 Å². The molecule has 1 spiro atoms. The minimum absolute atomic E-state index is 0.187. The largest absolute Gasteiger partial charge is 0.324 e. The second-order valence-corrected chi connectivity index (χ2v) is 8.38. The van der Waals surface area contributed by atoms with Gasteiger partial charge in [-0.1, -0.05) is 18.2 Å². The highest BCUT2D eigenvalue weighted by molar-refractivity contribution is 6.15. The van der Waals surface area contributed by atoms with Gasteiger partial charge in [-0.2, -0.15) is 0 Å². The lowest BCUT2D eigenvalue weighted by molar-refractivity contribution is -0.147. The molecule has 3 amide bonds. The summed E-state index contributed by atoms with van der Waals surface area (Å²) in [6.45, 7) is 9.35. The van der Waals surface area contributed by atoms with Gasteiger partial charge >= 0.3 is 0 Å². The molecule has 132 valence electrons. The van der Waals surface area contributed by atoms with Crippen LogP contribution in [0, 0.1) is 18.8 Å². The van der Waals surface area contributed by atoms with Crippen molar-refractivity contribution in [2.24, 2.45) is 11.8 Å². The Labute approximate surface area is 147 Å². The van der Waals surface area contributed by atoms with Gasteiger partial charge in [-0.25, -0.2) is 0 Å². The number of amides is 3. The van der Waals surface area contributed by atoms with Crippen molar-refractivity contribution >= 4 is 23.4 Å². The van der Waals surface area contributed by atoms with Crippen LogP contribution < -0.4 is 10.6 Å². The minimum Gasteiger partial charge on any atom is -0.324 e. The molecule has 0 unspecified atom stereocenters. The molecule has 1 aromatic rings. The summed E-state index contributed by atoms with van der Waals surface area (Å²) in [5, 5.41) is 6.25. The Morgan fingerprint density at radius 1 is 1.12 bits per heavy atom. The second-order valence-electron chi connectivity index (χ2n) is 8.38. The van der Waals surface area contributed by atoms with Gasteiger partial charge < -0.3 is 5.32 Å². The van der Waals surface area contributed by atoms with Crippen LogP contribution in [0.5, 0.6) is 0 Å². The molecule has 0 aromatic heterocycles. The predicted octanol–water partition coefficient (Wildman–Crippen LogP) is 1.53. The average Bonchev–Trinajstić information content (AvgIpc) is 3.05. The fourth-order valence-corrected chi connectivity index (χ4v) is 4.80. The molecule has 25 heavy (non-hydrogen) atoms. The van der Waals surface area contributed by atoms with Gasteiger partial charge in [0.05, 0.1) is 11.8 Å². The highest BCUT2D eigenvalue weighted by atomic mass is 16.2. The minimum atomic E-state index is -1.17. The zero-order valence-electron chi connectivity index (χ0n) is 15.1. The molecule has 6 heteroatoms. The first-order valence-corrected chi connectivity index (χ1v) is 8.68. The number of hydrogen-bond donors (Lipinski definition) is 2. The van der Waals surface area contributed by atoms with Crippen LogP contribution in [0.25, 0.3) is 0 Å². The maximum Gasteiger partial charge on any atom is 0.250 e. The van der Waals surface area contributed by atoms with Gasteiger partial charge in [0, 0.05) is 22.8 Å². The van der Waals surface area contributed by atoms with E-state index in [0.29, 0.717) is 0 Å². The third kappa shape index (κ3) is 1.80. The Balaban J connectivity index is 1.93. The number of nitrogens with one attached hydrogen (secondary N) is 2. The van der Waals surface area contributed by atoms with Crippen LogP contribution in [0.4, 0.5) is 5.69 Å². The maximum atomic E-state index is 13.3. The van der Waals surface area contributed by atoms with E-state index in [2.05, 4.69) is 10.6 Å². The van der Waals surface area contributed by atoms with Crippen molar-refractivity contribution in [1.82, 2.24) is 10.2 Å². The van der Waals surface area contributed by atoms with Gasteiger partial charge in [-0.15, -0.1) is 0 Å². The predicted molar refractivity (Wildman–Crippen MR) is 92.7 cm³/mol. The lowest BCUT2D eigenvalue weighted by Crippen LogP contribution is -2.55. The molecular weight excluding hydrogens is 318 g/mol. The van der Waals surface area contributed by atoms with E-state index in [1.807, 2.05) is 52.8 Å². The normalized spacial score (nSPS) is 33.9. The van der Waals surface area contributed by atoms with E-state index < -0.39 is 22.9 Å². The summed E-state index contributed by atoms with van der Waals surface area (Å²) < 4.78 is 0. The Morgan fingerprint density at radius 2 is 1.80 bits per heavy atom. The van der Waals surface area contributed by atoms with Gasteiger partial charge in [-0.3, -0.25) is 24.6 Å². The molecule has 4 rings (SSSR count). The maximum absolute atomic E-state index is 13.3. The first kappa shape index (κ1) is 16.3. The van der Waals surface area contributed by atoms with E-state index >= 15 is 0 Å². The fourth-order valence-electron chi connectivity index (χ4n) is 4.80. The van der Waals surface area contributed by atoms with E-state index in [-0.39, 0.29) is 23.8 Å². The first-order chi connectivity index (χ1) is 11.6. The third-order valence-electron chi connectivity index (χ3n) is 5.78. The van der Waals surface area contributed by atoms with Crippen LogP contribution in [0.1, 0.15) is 38.8 Å². The molecule has 6 nitrogen and oxygen atoms in total. The van der Waals surface area contributed by atoms with Gasteiger partial charge in [-0.05, 0) is 40.2 Å². The Bertz CT molecular complexity index is 826. The lowest BCUT2D eigenvalue weighted by Gasteiger charge is -2.34. The molecule has 0 saturated carbocycles. The summed E-state index contributed by atoms with van der Waals surface area (Å²) in [6.07, 6.45) is 0. The Hall–Kier alpha value is -2.21. The molecule has 0 bridgehead atoms. The number of carbonyl (C=O) groups is 3. The topological polar surface area (TPSA) is 78.5 Å². The molecule has 2 fully saturated rings. The van der Waals surface area contributed by atoms with Crippen molar-refractivity contribution in [1.29, 1.82) is 0 Å². The highest BCUT2D eigenvalue weighted by Crippen LogP contribution is 2.54. The number of rotatable bonds is 0. The number of para-hydroxylation sites is 1. The van der Waals surface area contributed by atoms with Crippen molar-refractivity contribution < 1.29 is 14.4 Å². The number of likely N-dealkylation sites (tertiary alicyclic amines) is 1. The van der Waals surface area contributed by atoms with Crippen molar-refractivity contribution in [3.63, 3.8) is 0 Å². The van der Waals surface area contributed by atoms with E-state index in [1.165, 1.54) is 4.90 Å². The average molecular weight is 341 g/mol. The summed E-state index contributed by atoms with van der Waals surface area (Å²) in [6, 6.07) is 5.43. The van der Waals surface area contributed by atoms with Crippen LogP contribution in [-0.2, 0) is 19.9 Å². The first-order valence-electron chi connectivity index (χ1n) is 8.68. The van der Waals surface area contributed by atoms with Crippen LogP contribution in [0.2, 0.25) is 0 Å². The molecule has 0 radical (unpaired) electrons. The number of benzene rings is 1. The van der Waals surface area contributed by atoms with E-state index in [4.69, 9.17) is 0 Å².